The van der Waals surface area contributed by atoms with Crippen LogP contribution in [0.15, 0.2) is 0 Å². The van der Waals surface area contributed by atoms with Crippen LogP contribution in [0.2, 0.25) is 0 Å². The number of nitrogens with zero attached hydrogens (tertiary/aromatic N) is 1. The van der Waals surface area contributed by atoms with E-state index in [1.165, 1.54) is 392 Å². The molecule has 0 N–H and O–H groups in total. The van der Waals surface area contributed by atoms with Gasteiger partial charge in [0.15, 0.2) is 12.4 Å². The number of hydrogen-bond donors (Lipinski definition) is 0. The number of carbonyl (C=O) groups excluding carboxylic acids is 3. The summed E-state index contributed by atoms with van der Waals surface area (Å²) in [5, 5.41) is 11.9. The number of rotatable bonds is 80. The number of unbranched alkanes of at least 4 members (excludes halogenated alkanes) is 65. The second kappa shape index (κ2) is 75.1. The van der Waals surface area contributed by atoms with Crippen LogP contribution in [-0.2, 0) is 33.3 Å². The number of likely N-dealkylation sites (N-methyl/N-ethyl adjacent to an activating group) is 1. The molecule has 0 aromatic heterocycles. The van der Waals surface area contributed by atoms with E-state index in [0.29, 0.717) is 17.4 Å². The van der Waals surface area contributed by atoms with E-state index in [2.05, 4.69) is 13.8 Å². The Bertz CT molecular complexity index is 1470. The zero-order valence-corrected chi connectivity index (χ0v) is 63.0. The van der Waals surface area contributed by atoms with Crippen LogP contribution in [0.3, 0.4) is 0 Å². The van der Waals surface area contributed by atoms with Crippen molar-refractivity contribution in [2.24, 2.45) is 0 Å². The summed E-state index contributed by atoms with van der Waals surface area (Å²) in [5.41, 5.74) is 0. The minimum absolute atomic E-state index is 0.154. The summed E-state index contributed by atoms with van der Waals surface area (Å²) in [6, 6.07) is 0. The van der Waals surface area contributed by atoms with Crippen molar-refractivity contribution >= 4 is 17.9 Å². The molecule has 0 aromatic rings. The van der Waals surface area contributed by atoms with Gasteiger partial charge in [-0.3, -0.25) is 9.59 Å². The number of carbonyl (C=O) groups is 3. The van der Waals surface area contributed by atoms with Crippen LogP contribution in [0.5, 0.6) is 0 Å². The molecule has 0 aliphatic heterocycles. The van der Waals surface area contributed by atoms with E-state index in [-0.39, 0.29) is 32.2 Å². The average Bonchev–Trinajstić information content (AvgIpc) is 3.75. The lowest BCUT2D eigenvalue weighted by atomic mass is 10.0. The second-order valence-corrected chi connectivity index (χ2v) is 30.1. The van der Waals surface area contributed by atoms with E-state index in [1.54, 1.807) is 0 Å². The van der Waals surface area contributed by atoms with Gasteiger partial charge in [0.05, 0.1) is 40.3 Å². The fourth-order valence-corrected chi connectivity index (χ4v) is 13.3. The number of esters is 2. The van der Waals surface area contributed by atoms with Crippen molar-refractivity contribution in [2.45, 2.75) is 469 Å². The molecule has 0 radical (unpaired) electrons. The Morgan fingerprint density at radius 3 is 0.696 bits per heavy atom. The SMILES string of the molecule is CCCCCCCCCCCCCCCCCCCCCCCCCCCCCCCCCCCCCCCC(=O)OC(COC(=O)CCCCCCCCCCCCCCCCCCCCCCCCCCCCCCCC)COC(OCC[N+](C)(C)C)C(=O)[O-]. The molecule has 548 valence electrons. The molecule has 0 heterocycles. The van der Waals surface area contributed by atoms with Gasteiger partial charge in [0.2, 0.25) is 0 Å². The second-order valence-electron chi connectivity index (χ2n) is 30.1. The van der Waals surface area contributed by atoms with Crippen molar-refractivity contribution in [2.75, 3.05) is 47.5 Å². The molecule has 92 heavy (non-hydrogen) atoms. The molecule has 0 spiro atoms. The zero-order chi connectivity index (χ0) is 66.8. The smallest absolute Gasteiger partial charge is 0.306 e. The molecule has 2 atom stereocenters. The van der Waals surface area contributed by atoms with Crippen LogP contribution in [-0.4, -0.2) is 82.3 Å². The Morgan fingerprint density at radius 2 is 0.489 bits per heavy atom. The van der Waals surface area contributed by atoms with Crippen LogP contribution < -0.4 is 5.11 Å². The van der Waals surface area contributed by atoms with Crippen LogP contribution in [0, 0.1) is 0 Å². The standard InChI is InChI=1S/C83H163NO8/c1-6-8-10-12-14-16-18-20-22-24-26-28-30-32-34-36-38-39-40-41-42-43-44-46-48-50-52-54-56-58-60-62-64-66-68-70-72-74-81(86)92-79(78-91-83(82(87)88)89-76-75-84(3,4)5)77-90-80(85)73-71-69-67-65-63-61-59-57-55-53-51-49-47-45-37-35-33-31-29-27-25-23-21-19-17-15-13-11-9-7-2/h79,83H,6-78H2,1-5H3. The highest BCUT2D eigenvalue weighted by Crippen LogP contribution is 2.21. The monoisotopic (exact) mass is 1300 g/mol. The number of aliphatic carboxylic acids is 1. The number of ether oxygens (including phenoxy) is 4. The van der Waals surface area contributed by atoms with E-state index in [0.717, 1.165) is 38.5 Å². The van der Waals surface area contributed by atoms with Gasteiger partial charge >= 0.3 is 11.9 Å². The van der Waals surface area contributed by atoms with Crippen molar-refractivity contribution in [1.82, 2.24) is 0 Å². The van der Waals surface area contributed by atoms with E-state index in [4.69, 9.17) is 18.9 Å². The summed E-state index contributed by atoms with van der Waals surface area (Å²) < 4.78 is 22.9. The van der Waals surface area contributed by atoms with Crippen LogP contribution >= 0.6 is 0 Å². The molecule has 0 amide bonds. The third-order valence-corrected chi connectivity index (χ3v) is 19.6. The van der Waals surface area contributed by atoms with Gasteiger partial charge in [0, 0.05) is 12.8 Å². The molecule has 0 aromatic carbocycles. The predicted molar refractivity (Wildman–Crippen MR) is 394 cm³/mol. The number of quaternary nitrogens is 1. The highest BCUT2D eigenvalue weighted by Gasteiger charge is 2.22. The van der Waals surface area contributed by atoms with Gasteiger partial charge in [-0.1, -0.05) is 431 Å². The number of carboxylic acids is 1. The van der Waals surface area contributed by atoms with Crippen molar-refractivity contribution in [1.29, 1.82) is 0 Å². The minimum Gasteiger partial charge on any atom is -0.545 e. The highest BCUT2D eigenvalue weighted by molar-refractivity contribution is 5.70. The first kappa shape index (κ1) is 90.3. The third-order valence-electron chi connectivity index (χ3n) is 19.6. The van der Waals surface area contributed by atoms with Crippen molar-refractivity contribution in [3.05, 3.63) is 0 Å². The van der Waals surface area contributed by atoms with Gasteiger partial charge in [-0.05, 0) is 12.8 Å². The Labute approximate surface area is 574 Å². The van der Waals surface area contributed by atoms with Gasteiger partial charge in [-0.15, -0.1) is 0 Å². The van der Waals surface area contributed by atoms with Gasteiger partial charge < -0.3 is 33.3 Å². The summed E-state index contributed by atoms with van der Waals surface area (Å²) in [7, 11) is 5.96. The van der Waals surface area contributed by atoms with E-state index in [9.17, 15) is 19.5 Å². The lowest BCUT2D eigenvalue weighted by molar-refractivity contribution is -0.870. The average molecular weight is 1300 g/mol. The molecule has 2 unspecified atom stereocenters. The lowest BCUT2D eigenvalue weighted by Gasteiger charge is -2.26. The van der Waals surface area contributed by atoms with Crippen LogP contribution in [0.1, 0.15) is 457 Å². The van der Waals surface area contributed by atoms with E-state index in [1.807, 2.05) is 21.1 Å². The topological polar surface area (TPSA) is 111 Å². The third kappa shape index (κ3) is 75.7. The van der Waals surface area contributed by atoms with Crippen molar-refractivity contribution < 1.29 is 42.9 Å². The number of carboxylic acid groups (broad SMARTS) is 1. The zero-order valence-electron chi connectivity index (χ0n) is 63.0. The maximum atomic E-state index is 13.0. The minimum atomic E-state index is -1.62. The fourth-order valence-electron chi connectivity index (χ4n) is 13.3. The van der Waals surface area contributed by atoms with E-state index >= 15 is 0 Å². The van der Waals surface area contributed by atoms with E-state index < -0.39 is 24.3 Å². The lowest BCUT2D eigenvalue weighted by Crippen LogP contribution is -2.44. The molecule has 9 nitrogen and oxygen atoms in total. The normalized spacial score (nSPS) is 12.5. The Balaban J connectivity index is 3.92. The highest BCUT2D eigenvalue weighted by atomic mass is 16.7. The molecule has 0 saturated carbocycles. The summed E-state index contributed by atoms with van der Waals surface area (Å²) in [5.74, 6) is -2.24. The maximum Gasteiger partial charge on any atom is 0.306 e. The predicted octanol–water partition coefficient (Wildman–Crippen LogP) is 25.2. The van der Waals surface area contributed by atoms with Crippen LogP contribution in [0.25, 0.3) is 0 Å². The van der Waals surface area contributed by atoms with Gasteiger partial charge in [0.1, 0.15) is 13.2 Å². The summed E-state index contributed by atoms with van der Waals surface area (Å²) in [6.45, 7) is 4.86. The van der Waals surface area contributed by atoms with Gasteiger partial charge in [-0.2, -0.15) is 0 Å². The fraction of sp³-hybridized carbons (Fsp3) is 0.964. The molecular weight excluding hydrogens is 1140 g/mol. The molecule has 0 rings (SSSR count). The summed E-state index contributed by atoms with van der Waals surface area (Å²) >= 11 is 0. The van der Waals surface area contributed by atoms with Crippen molar-refractivity contribution in [3.63, 3.8) is 0 Å². The quantitative estimate of drug-likeness (QED) is 0.0256. The first-order valence-corrected chi connectivity index (χ1v) is 41.7. The van der Waals surface area contributed by atoms with Gasteiger partial charge in [-0.25, -0.2) is 0 Å². The summed E-state index contributed by atoms with van der Waals surface area (Å²) in [6.07, 6.45) is 89.7. The molecule has 0 aliphatic carbocycles. The Kier molecular flexibility index (Phi) is 73.7. The molecule has 0 bridgehead atoms. The molecule has 0 aliphatic rings. The first-order chi connectivity index (χ1) is 45.1. The Hall–Kier alpha value is -1.71. The number of hydrogen-bond acceptors (Lipinski definition) is 8. The first-order valence-electron chi connectivity index (χ1n) is 41.7. The Morgan fingerprint density at radius 1 is 0.283 bits per heavy atom. The largest absolute Gasteiger partial charge is 0.545 e. The van der Waals surface area contributed by atoms with Gasteiger partial charge in [0.25, 0.3) is 0 Å². The summed E-state index contributed by atoms with van der Waals surface area (Å²) in [4.78, 5) is 37.6. The maximum absolute atomic E-state index is 13.0. The van der Waals surface area contributed by atoms with Crippen molar-refractivity contribution in [3.8, 4) is 0 Å². The van der Waals surface area contributed by atoms with Crippen LogP contribution in [0.4, 0.5) is 0 Å². The molecule has 0 fully saturated rings. The molecular formula is C83H163NO8. The molecule has 9 heteroatoms. The molecule has 0 saturated heterocycles.